The third kappa shape index (κ3) is 5.42. The third-order valence-electron chi connectivity index (χ3n) is 5.34. The minimum absolute atomic E-state index is 0.482. The highest BCUT2D eigenvalue weighted by Gasteiger charge is 2.39. The topological polar surface area (TPSA) is 64.9 Å². The fourth-order valence-electron chi connectivity index (χ4n) is 3.71. The van der Waals surface area contributed by atoms with E-state index in [1.54, 1.807) is 54.7 Å². The Morgan fingerprint density at radius 2 is 1.38 bits per heavy atom. The fraction of sp³-hybridized carbons (Fsp3) is 0.259. The van der Waals surface area contributed by atoms with E-state index in [0.29, 0.717) is 11.1 Å². The number of hydrogen-bond donors (Lipinski definition) is 2. The molecule has 0 aliphatic heterocycles. The summed E-state index contributed by atoms with van der Waals surface area (Å²) in [4.78, 5) is 15.4. The Morgan fingerprint density at radius 3 is 1.84 bits per heavy atom. The van der Waals surface area contributed by atoms with E-state index in [1.165, 1.54) is 5.69 Å². The van der Waals surface area contributed by atoms with Crippen molar-refractivity contribution in [3.8, 4) is 0 Å². The average molecular weight is 430 g/mol. The molecule has 0 saturated carbocycles. The SMILES string of the molecule is CCCN(CCC)c1ccc(/C=N\NC(=O)C(O)(c2ccccc2)c2ccccc2)cc1. The lowest BCUT2D eigenvalue weighted by Crippen LogP contribution is -2.43. The minimum Gasteiger partial charge on any atom is -0.372 e. The van der Waals surface area contributed by atoms with E-state index in [4.69, 9.17) is 0 Å². The lowest BCUT2D eigenvalue weighted by atomic mass is 9.85. The molecule has 2 N–H and O–H groups in total. The van der Waals surface area contributed by atoms with Crippen LogP contribution < -0.4 is 10.3 Å². The van der Waals surface area contributed by atoms with Gasteiger partial charge in [0, 0.05) is 18.8 Å². The molecule has 3 aromatic carbocycles. The van der Waals surface area contributed by atoms with Crippen molar-refractivity contribution < 1.29 is 9.90 Å². The number of nitrogens with zero attached hydrogens (tertiary/aromatic N) is 2. The highest BCUT2D eigenvalue weighted by molar-refractivity contribution is 5.91. The molecule has 0 spiro atoms. The van der Waals surface area contributed by atoms with Crippen LogP contribution in [0.2, 0.25) is 0 Å². The molecule has 0 aliphatic carbocycles. The maximum atomic E-state index is 13.1. The average Bonchev–Trinajstić information content (AvgIpc) is 2.85. The second-order valence-corrected chi connectivity index (χ2v) is 7.72. The number of benzene rings is 3. The van der Waals surface area contributed by atoms with Gasteiger partial charge in [0.1, 0.15) is 0 Å². The molecule has 0 unspecified atom stereocenters. The summed E-state index contributed by atoms with van der Waals surface area (Å²) in [5.41, 5.74) is 3.68. The third-order valence-corrected chi connectivity index (χ3v) is 5.34. The summed E-state index contributed by atoms with van der Waals surface area (Å²) in [5, 5.41) is 15.5. The zero-order chi connectivity index (χ0) is 22.8. The van der Waals surface area contributed by atoms with E-state index in [-0.39, 0.29) is 0 Å². The molecule has 0 aromatic heterocycles. The summed E-state index contributed by atoms with van der Waals surface area (Å²) in [6, 6.07) is 25.9. The second kappa shape index (κ2) is 11.3. The van der Waals surface area contributed by atoms with Crippen molar-refractivity contribution in [2.45, 2.75) is 32.3 Å². The van der Waals surface area contributed by atoms with Gasteiger partial charge in [-0.1, -0.05) is 86.6 Å². The molecule has 0 saturated heterocycles. The zero-order valence-electron chi connectivity index (χ0n) is 18.7. The van der Waals surface area contributed by atoms with Crippen LogP contribution in [0.25, 0.3) is 0 Å². The Balaban J connectivity index is 1.75. The lowest BCUT2D eigenvalue weighted by molar-refractivity contribution is -0.136. The predicted octanol–water partition coefficient (Wildman–Crippen LogP) is 4.70. The fourth-order valence-corrected chi connectivity index (χ4v) is 3.71. The molecule has 0 atom stereocenters. The minimum atomic E-state index is -1.84. The summed E-state index contributed by atoms with van der Waals surface area (Å²) in [7, 11) is 0. The first-order valence-corrected chi connectivity index (χ1v) is 11.1. The van der Waals surface area contributed by atoms with Gasteiger partial charge in [-0.25, -0.2) is 5.43 Å². The van der Waals surface area contributed by atoms with Gasteiger partial charge >= 0.3 is 0 Å². The summed E-state index contributed by atoms with van der Waals surface area (Å²) >= 11 is 0. The monoisotopic (exact) mass is 429 g/mol. The lowest BCUT2D eigenvalue weighted by Gasteiger charge is -2.27. The van der Waals surface area contributed by atoms with Crippen molar-refractivity contribution in [2.75, 3.05) is 18.0 Å². The largest absolute Gasteiger partial charge is 0.372 e. The summed E-state index contributed by atoms with van der Waals surface area (Å²) in [6.07, 6.45) is 3.78. The number of carbonyl (C=O) groups excluding carboxylic acids is 1. The molecule has 0 heterocycles. The van der Waals surface area contributed by atoms with Gasteiger partial charge in [0.15, 0.2) is 5.60 Å². The number of carbonyl (C=O) groups is 1. The van der Waals surface area contributed by atoms with Crippen molar-refractivity contribution in [3.63, 3.8) is 0 Å². The van der Waals surface area contributed by atoms with E-state index in [2.05, 4.69) is 41.4 Å². The molecule has 0 fully saturated rings. The molecule has 0 bridgehead atoms. The van der Waals surface area contributed by atoms with Crippen LogP contribution in [-0.2, 0) is 10.4 Å². The predicted molar refractivity (Wildman–Crippen MR) is 131 cm³/mol. The van der Waals surface area contributed by atoms with E-state index >= 15 is 0 Å². The van der Waals surface area contributed by atoms with Gasteiger partial charge in [-0.05, 0) is 41.7 Å². The smallest absolute Gasteiger partial charge is 0.281 e. The van der Waals surface area contributed by atoms with Crippen LogP contribution >= 0.6 is 0 Å². The van der Waals surface area contributed by atoms with Gasteiger partial charge in [-0.3, -0.25) is 4.79 Å². The van der Waals surface area contributed by atoms with Gasteiger partial charge in [-0.15, -0.1) is 0 Å². The normalized spacial score (nSPS) is 11.5. The molecular formula is C27H31N3O2. The Labute approximate surface area is 190 Å². The van der Waals surface area contributed by atoms with Crippen molar-refractivity contribution in [3.05, 3.63) is 102 Å². The van der Waals surface area contributed by atoms with Crippen molar-refractivity contribution >= 4 is 17.8 Å². The van der Waals surface area contributed by atoms with Crippen molar-refractivity contribution in [1.29, 1.82) is 0 Å². The first-order chi connectivity index (χ1) is 15.6. The Hall–Kier alpha value is -3.44. The van der Waals surface area contributed by atoms with Crippen LogP contribution in [0.3, 0.4) is 0 Å². The van der Waals surface area contributed by atoms with E-state index in [0.717, 1.165) is 31.5 Å². The van der Waals surface area contributed by atoms with Gasteiger partial charge in [0.05, 0.1) is 6.21 Å². The standard InChI is InChI=1S/C27H31N3O2/c1-3-19-30(20-4-2)25-17-15-22(16-18-25)21-28-29-26(31)27(32,23-11-7-5-8-12-23)24-13-9-6-10-14-24/h5-18,21,32H,3-4,19-20H2,1-2H3,(H,29,31)/b28-21-. The maximum Gasteiger partial charge on any atom is 0.281 e. The van der Waals surface area contributed by atoms with Crippen LogP contribution in [0.1, 0.15) is 43.4 Å². The number of anilines is 1. The molecule has 0 radical (unpaired) electrons. The maximum absolute atomic E-state index is 13.1. The van der Waals surface area contributed by atoms with Crippen LogP contribution in [0, 0.1) is 0 Å². The number of amides is 1. The van der Waals surface area contributed by atoms with Crippen LogP contribution in [-0.4, -0.2) is 30.3 Å². The molecule has 5 heteroatoms. The van der Waals surface area contributed by atoms with Gasteiger partial charge in [0.2, 0.25) is 0 Å². The van der Waals surface area contributed by atoms with Crippen molar-refractivity contribution in [1.82, 2.24) is 5.43 Å². The van der Waals surface area contributed by atoms with E-state index < -0.39 is 11.5 Å². The highest BCUT2D eigenvalue weighted by Crippen LogP contribution is 2.29. The first kappa shape index (κ1) is 23.2. The van der Waals surface area contributed by atoms with E-state index in [1.807, 2.05) is 24.3 Å². The molecule has 3 aromatic rings. The first-order valence-electron chi connectivity index (χ1n) is 11.1. The molecule has 5 nitrogen and oxygen atoms in total. The van der Waals surface area contributed by atoms with Gasteiger partial charge in [-0.2, -0.15) is 5.10 Å². The summed E-state index contributed by atoms with van der Waals surface area (Å²) < 4.78 is 0. The Morgan fingerprint density at radius 1 is 0.875 bits per heavy atom. The Bertz CT molecular complexity index is 957. The number of hydrazone groups is 1. The number of aliphatic hydroxyl groups is 1. The number of nitrogens with one attached hydrogen (secondary N) is 1. The van der Waals surface area contributed by atoms with Crippen LogP contribution in [0.5, 0.6) is 0 Å². The summed E-state index contributed by atoms with van der Waals surface area (Å²) in [6.45, 7) is 6.40. The van der Waals surface area contributed by atoms with Crippen molar-refractivity contribution in [2.24, 2.45) is 5.10 Å². The van der Waals surface area contributed by atoms with E-state index in [9.17, 15) is 9.90 Å². The molecule has 32 heavy (non-hydrogen) atoms. The Kier molecular flexibility index (Phi) is 8.17. The van der Waals surface area contributed by atoms with Crippen LogP contribution in [0.15, 0.2) is 90.0 Å². The quantitative estimate of drug-likeness (QED) is 0.363. The van der Waals surface area contributed by atoms with Gasteiger partial charge in [0.25, 0.3) is 5.91 Å². The number of rotatable bonds is 10. The molecule has 3 rings (SSSR count). The molecular weight excluding hydrogens is 398 g/mol. The zero-order valence-corrected chi connectivity index (χ0v) is 18.7. The highest BCUT2D eigenvalue weighted by atomic mass is 16.3. The summed E-state index contributed by atoms with van der Waals surface area (Å²) in [5.74, 6) is -0.611. The van der Waals surface area contributed by atoms with Gasteiger partial charge < -0.3 is 10.0 Å². The second-order valence-electron chi connectivity index (χ2n) is 7.72. The number of hydrogen-bond acceptors (Lipinski definition) is 4. The molecule has 166 valence electrons. The molecule has 1 amide bonds. The van der Waals surface area contributed by atoms with Crippen LogP contribution in [0.4, 0.5) is 5.69 Å². The molecule has 0 aliphatic rings.